The van der Waals surface area contributed by atoms with Gasteiger partial charge in [0.1, 0.15) is 5.82 Å². The van der Waals surface area contributed by atoms with Crippen molar-refractivity contribution in [2.75, 3.05) is 43.0 Å². The molecular formula is C16H21N7O. The molecule has 1 unspecified atom stereocenters. The van der Waals surface area contributed by atoms with Crippen LogP contribution in [0.4, 0.5) is 16.3 Å². The molecule has 2 aliphatic heterocycles. The van der Waals surface area contributed by atoms with Crippen LogP contribution in [0.15, 0.2) is 24.8 Å². The van der Waals surface area contributed by atoms with Gasteiger partial charge in [-0.15, -0.1) is 0 Å². The largest absolute Gasteiger partial charge is 0.353 e. The van der Waals surface area contributed by atoms with Crippen molar-refractivity contribution in [3.8, 4) is 0 Å². The summed E-state index contributed by atoms with van der Waals surface area (Å²) < 4.78 is 1.98. The van der Waals surface area contributed by atoms with Gasteiger partial charge in [-0.05, 0) is 13.3 Å². The number of hydrogen-bond acceptors (Lipinski definition) is 5. The molecule has 126 valence electrons. The number of amides is 2. The molecule has 2 aromatic heterocycles. The summed E-state index contributed by atoms with van der Waals surface area (Å²) in [4.78, 5) is 26.6. The van der Waals surface area contributed by atoms with Crippen LogP contribution in [0.3, 0.4) is 0 Å². The van der Waals surface area contributed by atoms with Crippen molar-refractivity contribution in [3.63, 3.8) is 0 Å². The first-order chi connectivity index (χ1) is 11.6. The third-order valence-corrected chi connectivity index (χ3v) is 4.72. The zero-order valence-corrected chi connectivity index (χ0v) is 14.0. The zero-order chi connectivity index (χ0) is 16.7. The first kappa shape index (κ1) is 14.9. The smallest absolute Gasteiger partial charge is 0.324 e. The molecule has 1 atom stereocenters. The molecule has 0 saturated carbocycles. The summed E-state index contributed by atoms with van der Waals surface area (Å²) >= 11 is 0. The number of aromatic nitrogens is 4. The van der Waals surface area contributed by atoms with Gasteiger partial charge in [-0.2, -0.15) is 5.10 Å². The lowest BCUT2D eigenvalue weighted by Gasteiger charge is -2.17. The van der Waals surface area contributed by atoms with E-state index in [1.165, 1.54) is 0 Å². The molecule has 8 heteroatoms. The Morgan fingerprint density at radius 1 is 1.17 bits per heavy atom. The Bertz CT molecular complexity index is 758. The molecule has 2 saturated heterocycles. The van der Waals surface area contributed by atoms with Crippen molar-refractivity contribution in [3.05, 3.63) is 30.5 Å². The zero-order valence-electron chi connectivity index (χ0n) is 14.0. The average molecular weight is 327 g/mol. The topological polar surface area (TPSA) is 70.4 Å². The van der Waals surface area contributed by atoms with E-state index in [1.807, 2.05) is 31.0 Å². The number of carbonyl (C=O) groups is 1. The number of hydrogen-bond donors (Lipinski definition) is 0. The fourth-order valence-corrected chi connectivity index (χ4v) is 3.32. The third kappa shape index (κ3) is 2.57. The first-order valence-electron chi connectivity index (χ1n) is 8.22. The molecule has 2 aromatic rings. The maximum absolute atomic E-state index is 12.1. The Hall–Kier alpha value is -2.64. The number of likely N-dealkylation sites (N-methyl/N-ethyl adjacent to an activating group) is 1. The van der Waals surface area contributed by atoms with E-state index in [2.05, 4.69) is 20.0 Å². The van der Waals surface area contributed by atoms with Crippen molar-refractivity contribution in [1.82, 2.24) is 24.6 Å². The van der Waals surface area contributed by atoms with Gasteiger partial charge in [-0.25, -0.2) is 9.78 Å². The fourth-order valence-electron chi connectivity index (χ4n) is 3.32. The summed E-state index contributed by atoms with van der Waals surface area (Å²) in [6.07, 6.45) is 8.34. The molecule has 0 bridgehead atoms. The number of rotatable bonds is 3. The van der Waals surface area contributed by atoms with Crippen molar-refractivity contribution >= 4 is 17.5 Å². The van der Waals surface area contributed by atoms with Crippen LogP contribution >= 0.6 is 0 Å². The van der Waals surface area contributed by atoms with E-state index in [9.17, 15) is 4.79 Å². The van der Waals surface area contributed by atoms with E-state index >= 15 is 0 Å². The molecule has 8 nitrogen and oxygen atoms in total. The predicted octanol–water partition coefficient (Wildman–Crippen LogP) is 1.30. The van der Waals surface area contributed by atoms with E-state index in [0.717, 1.165) is 49.8 Å². The van der Waals surface area contributed by atoms with Gasteiger partial charge >= 0.3 is 6.03 Å². The summed E-state index contributed by atoms with van der Waals surface area (Å²) in [5, 5.41) is 4.49. The van der Waals surface area contributed by atoms with Crippen molar-refractivity contribution in [2.24, 2.45) is 0 Å². The van der Waals surface area contributed by atoms with Crippen LogP contribution < -0.4 is 9.80 Å². The Morgan fingerprint density at radius 3 is 2.79 bits per heavy atom. The van der Waals surface area contributed by atoms with Gasteiger partial charge in [0, 0.05) is 45.6 Å². The van der Waals surface area contributed by atoms with Gasteiger partial charge in [-0.1, -0.05) is 0 Å². The Morgan fingerprint density at radius 2 is 2.04 bits per heavy atom. The van der Waals surface area contributed by atoms with Gasteiger partial charge in [0.25, 0.3) is 0 Å². The van der Waals surface area contributed by atoms with E-state index in [1.54, 1.807) is 22.2 Å². The predicted molar refractivity (Wildman–Crippen MR) is 90.2 cm³/mol. The lowest BCUT2D eigenvalue weighted by molar-refractivity contribution is 0.229. The number of urea groups is 1. The molecule has 2 fully saturated rings. The quantitative estimate of drug-likeness (QED) is 0.850. The van der Waals surface area contributed by atoms with Gasteiger partial charge in [-0.3, -0.25) is 14.6 Å². The summed E-state index contributed by atoms with van der Waals surface area (Å²) in [5.74, 6) is 0.918. The molecule has 0 N–H and O–H groups in total. The normalized spacial score (nSPS) is 21.2. The van der Waals surface area contributed by atoms with E-state index in [4.69, 9.17) is 0 Å². The SMILES string of the molecule is Cc1cncc(N2CCC(n3cc(N4CCN(C)C4=O)cn3)C2)n1. The molecule has 4 rings (SSSR count). The first-order valence-corrected chi connectivity index (χ1v) is 8.22. The van der Waals surface area contributed by atoms with Crippen LogP contribution in [0, 0.1) is 6.92 Å². The molecule has 4 heterocycles. The second kappa shape index (κ2) is 5.77. The van der Waals surface area contributed by atoms with Gasteiger partial charge in [0.05, 0.1) is 29.8 Å². The van der Waals surface area contributed by atoms with Crippen LogP contribution in [0.5, 0.6) is 0 Å². The Labute approximate surface area is 140 Å². The van der Waals surface area contributed by atoms with Crippen LogP contribution in [0.1, 0.15) is 18.2 Å². The molecule has 24 heavy (non-hydrogen) atoms. The summed E-state index contributed by atoms with van der Waals surface area (Å²) in [6.45, 7) is 5.22. The average Bonchev–Trinajstić information content (AvgIpc) is 3.29. The summed E-state index contributed by atoms with van der Waals surface area (Å²) in [6, 6.07) is 0.328. The highest BCUT2D eigenvalue weighted by Crippen LogP contribution is 2.27. The fraction of sp³-hybridized carbons (Fsp3) is 0.500. The van der Waals surface area contributed by atoms with Crippen LogP contribution in [-0.2, 0) is 0 Å². The number of nitrogens with zero attached hydrogens (tertiary/aromatic N) is 7. The van der Waals surface area contributed by atoms with E-state index in [-0.39, 0.29) is 12.1 Å². The molecule has 0 spiro atoms. The van der Waals surface area contributed by atoms with Crippen molar-refractivity contribution < 1.29 is 4.79 Å². The monoisotopic (exact) mass is 327 g/mol. The summed E-state index contributed by atoms with van der Waals surface area (Å²) in [7, 11) is 1.82. The standard InChI is InChI=1S/C16H21N7O/c1-12-7-17-9-15(19-12)21-4-3-13(10-21)23-11-14(8-18-23)22-6-5-20(2)16(22)24/h7-9,11,13H,3-6,10H2,1-2H3. The second-order valence-corrected chi connectivity index (χ2v) is 6.44. The molecule has 2 aliphatic rings. The minimum Gasteiger partial charge on any atom is -0.353 e. The van der Waals surface area contributed by atoms with Gasteiger partial charge < -0.3 is 9.80 Å². The van der Waals surface area contributed by atoms with Crippen LogP contribution in [0.25, 0.3) is 0 Å². The lowest BCUT2D eigenvalue weighted by Crippen LogP contribution is -2.28. The third-order valence-electron chi connectivity index (χ3n) is 4.72. The molecule has 0 aliphatic carbocycles. The molecule has 0 radical (unpaired) electrons. The molecule has 2 amide bonds. The Balaban J connectivity index is 1.47. The maximum atomic E-state index is 12.1. The number of aryl methyl sites for hydroxylation is 1. The Kier molecular flexibility index (Phi) is 3.59. The highest BCUT2D eigenvalue weighted by molar-refractivity contribution is 5.93. The van der Waals surface area contributed by atoms with Gasteiger partial charge in [0.15, 0.2) is 0 Å². The van der Waals surface area contributed by atoms with Gasteiger partial charge in [0.2, 0.25) is 0 Å². The maximum Gasteiger partial charge on any atom is 0.324 e. The minimum atomic E-state index is 0.0395. The lowest BCUT2D eigenvalue weighted by atomic mass is 10.3. The molecular weight excluding hydrogens is 306 g/mol. The minimum absolute atomic E-state index is 0.0395. The van der Waals surface area contributed by atoms with Crippen LogP contribution in [0.2, 0.25) is 0 Å². The number of carbonyl (C=O) groups excluding carboxylic acids is 1. The van der Waals surface area contributed by atoms with Crippen LogP contribution in [-0.4, -0.2) is 63.9 Å². The van der Waals surface area contributed by atoms with Crippen molar-refractivity contribution in [2.45, 2.75) is 19.4 Å². The van der Waals surface area contributed by atoms with E-state index < -0.39 is 0 Å². The number of anilines is 2. The highest BCUT2D eigenvalue weighted by atomic mass is 16.2. The summed E-state index contributed by atoms with van der Waals surface area (Å²) in [5.41, 5.74) is 1.80. The van der Waals surface area contributed by atoms with E-state index in [0.29, 0.717) is 0 Å². The highest BCUT2D eigenvalue weighted by Gasteiger charge is 2.30. The molecule has 0 aromatic carbocycles. The second-order valence-electron chi connectivity index (χ2n) is 6.44. The van der Waals surface area contributed by atoms with Crippen molar-refractivity contribution in [1.29, 1.82) is 0 Å².